The molecule has 1 aromatic heterocycles. The SMILES string of the molecule is CCOCCN(CC)C(=O)c1cccc(N)n1. The second kappa shape index (κ2) is 6.85. The molecule has 5 heteroatoms. The molecule has 0 atom stereocenters. The molecule has 0 aliphatic heterocycles. The largest absolute Gasteiger partial charge is 0.384 e. The quantitative estimate of drug-likeness (QED) is 0.754. The lowest BCUT2D eigenvalue weighted by Crippen LogP contribution is -2.34. The fraction of sp³-hybridized carbons (Fsp3) is 0.500. The number of amides is 1. The first-order valence-electron chi connectivity index (χ1n) is 5.78. The molecular formula is C12H19N3O2. The average molecular weight is 237 g/mol. The molecule has 0 saturated carbocycles. The van der Waals surface area contributed by atoms with Crippen LogP contribution in [-0.4, -0.2) is 42.1 Å². The molecule has 1 amide bonds. The van der Waals surface area contributed by atoms with Crippen molar-refractivity contribution in [2.75, 3.05) is 32.0 Å². The van der Waals surface area contributed by atoms with Crippen LogP contribution in [0.2, 0.25) is 0 Å². The van der Waals surface area contributed by atoms with Gasteiger partial charge in [0, 0.05) is 19.7 Å². The fourth-order valence-corrected chi connectivity index (χ4v) is 1.45. The van der Waals surface area contributed by atoms with Gasteiger partial charge in [0.15, 0.2) is 0 Å². The van der Waals surface area contributed by atoms with Crippen molar-refractivity contribution in [2.24, 2.45) is 0 Å². The van der Waals surface area contributed by atoms with Crippen LogP contribution in [0.5, 0.6) is 0 Å². The lowest BCUT2D eigenvalue weighted by Gasteiger charge is -2.20. The summed E-state index contributed by atoms with van der Waals surface area (Å²) in [7, 11) is 0. The van der Waals surface area contributed by atoms with E-state index >= 15 is 0 Å². The van der Waals surface area contributed by atoms with E-state index in [1.165, 1.54) is 0 Å². The minimum absolute atomic E-state index is 0.112. The second-order valence-electron chi connectivity index (χ2n) is 3.53. The van der Waals surface area contributed by atoms with E-state index in [0.717, 1.165) is 0 Å². The number of nitrogen functional groups attached to an aromatic ring is 1. The standard InChI is InChI=1S/C12H19N3O2/c1-3-15(8-9-17-4-2)12(16)10-6-5-7-11(13)14-10/h5-7H,3-4,8-9H2,1-2H3,(H2,13,14). The highest BCUT2D eigenvalue weighted by Crippen LogP contribution is 2.04. The third-order valence-electron chi connectivity index (χ3n) is 2.37. The molecule has 0 bridgehead atoms. The number of anilines is 1. The van der Waals surface area contributed by atoms with Crippen LogP contribution in [0.1, 0.15) is 24.3 Å². The molecule has 0 unspecified atom stereocenters. The number of pyridine rings is 1. The van der Waals surface area contributed by atoms with Gasteiger partial charge in [0.25, 0.3) is 5.91 Å². The number of hydrogen-bond donors (Lipinski definition) is 1. The van der Waals surface area contributed by atoms with Gasteiger partial charge < -0.3 is 15.4 Å². The van der Waals surface area contributed by atoms with E-state index in [2.05, 4.69) is 4.98 Å². The Bertz CT molecular complexity index is 369. The minimum atomic E-state index is -0.112. The van der Waals surface area contributed by atoms with Crippen LogP contribution in [0.3, 0.4) is 0 Å². The Kier molecular flexibility index (Phi) is 5.42. The second-order valence-corrected chi connectivity index (χ2v) is 3.53. The molecule has 0 aliphatic carbocycles. The van der Waals surface area contributed by atoms with Gasteiger partial charge in [0.05, 0.1) is 6.61 Å². The predicted molar refractivity (Wildman–Crippen MR) is 66.7 cm³/mol. The highest BCUT2D eigenvalue weighted by molar-refractivity contribution is 5.92. The molecule has 0 aromatic carbocycles. The van der Waals surface area contributed by atoms with Crippen molar-refractivity contribution in [1.82, 2.24) is 9.88 Å². The highest BCUT2D eigenvalue weighted by atomic mass is 16.5. The lowest BCUT2D eigenvalue weighted by atomic mass is 10.3. The van der Waals surface area contributed by atoms with Crippen molar-refractivity contribution in [3.63, 3.8) is 0 Å². The molecule has 0 aliphatic rings. The van der Waals surface area contributed by atoms with Crippen LogP contribution in [0.25, 0.3) is 0 Å². The van der Waals surface area contributed by atoms with E-state index in [1.807, 2.05) is 13.8 Å². The monoisotopic (exact) mass is 237 g/mol. The van der Waals surface area contributed by atoms with Gasteiger partial charge >= 0.3 is 0 Å². The molecule has 94 valence electrons. The summed E-state index contributed by atoms with van der Waals surface area (Å²) in [6, 6.07) is 5.06. The molecule has 0 saturated heterocycles. The van der Waals surface area contributed by atoms with Gasteiger partial charge in [-0.2, -0.15) is 0 Å². The van der Waals surface area contributed by atoms with Crippen LogP contribution in [0.15, 0.2) is 18.2 Å². The lowest BCUT2D eigenvalue weighted by molar-refractivity contribution is 0.0664. The van der Waals surface area contributed by atoms with E-state index in [9.17, 15) is 4.79 Å². The normalized spacial score (nSPS) is 10.2. The maximum absolute atomic E-state index is 12.1. The van der Waals surface area contributed by atoms with E-state index in [4.69, 9.17) is 10.5 Å². The Morgan fingerprint density at radius 3 is 2.82 bits per heavy atom. The zero-order valence-corrected chi connectivity index (χ0v) is 10.3. The first-order valence-corrected chi connectivity index (χ1v) is 5.78. The number of aromatic nitrogens is 1. The summed E-state index contributed by atoms with van der Waals surface area (Å²) >= 11 is 0. The molecule has 17 heavy (non-hydrogen) atoms. The summed E-state index contributed by atoms with van der Waals surface area (Å²) in [5.74, 6) is 0.246. The van der Waals surface area contributed by atoms with E-state index in [0.29, 0.717) is 37.8 Å². The molecule has 0 fully saturated rings. The van der Waals surface area contributed by atoms with Crippen molar-refractivity contribution in [1.29, 1.82) is 0 Å². The van der Waals surface area contributed by atoms with Gasteiger partial charge in [-0.1, -0.05) is 6.07 Å². The maximum Gasteiger partial charge on any atom is 0.272 e. The Hall–Kier alpha value is -1.62. The molecule has 1 rings (SSSR count). The van der Waals surface area contributed by atoms with Gasteiger partial charge in [-0.05, 0) is 26.0 Å². The number of carbonyl (C=O) groups excluding carboxylic acids is 1. The minimum Gasteiger partial charge on any atom is -0.384 e. The number of hydrogen-bond acceptors (Lipinski definition) is 4. The molecule has 0 radical (unpaired) electrons. The zero-order chi connectivity index (χ0) is 12.7. The Morgan fingerprint density at radius 2 is 2.24 bits per heavy atom. The molecule has 2 N–H and O–H groups in total. The molecule has 5 nitrogen and oxygen atoms in total. The summed E-state index contributed by atoms with van der Waals surface area (Å²) < 4.78 is 5.24. The summed E-state index contributed by atoms with van der Waals surface area (Å²) in [5.41, 5.74) is 5.93. The third-order valence-corrected chi connectivity index (χ3v) is 2.37. The zero-order valence-electron chi connectivity index (χ0n) is 10.3. The van der Waals surface area contributed by atoms with Crippen molar-refractivity contribution in [3.8, 4) is 0 Å². The van der Waals surface area contributed by atoms with Gasteiger partial charge in [0.2, 0.25) is 0 Å². The fourth-order valence-electron chi connectivity index (χ4n) is 1.45. The smallest absolute Gasteiger partial charge is 0.272 e. The summed E-state index contributed by atoms with van der Waals surface area (Å²) in [4.78, 5) is 17.8. The summed E-state index contributed by atoms with van der Waals surface area (Å²) in [6.45, 7) is 6.25. The van der Waals surface area contributed by atoms with Crippen LogP contribution in [-0.2, 0) is 4.74 Å². The van der Waals surface area contributed by atoms with E-state index in [-0.39, 0.29) is 5.91 Å². The van der Waals surface area contributed by atoms with Gasteiger partial charge in [-0.3, -0.25) is 4.79 Å². The van der Waals surface area contributed by atoms with Crippen LogP contribution >= 0.6 is 0 Å². The number of carbonyl (C=O) groups is 1. The van der Waals surface area contributed by atoms with Gasteiger partial charge in [-0.25, -0.2) is 4.98 Å². The molecular weight excluding hydrogens is 218 g/mol. The van der Waals surface area contributed by atoms with Crippen molar-refractivity contribution in [3.05, 3.63) is 23.9 Å². The number of nitrogens with two attached hydrogens (primary N) is 1. The Morgan fingerprint density at radius 1 is 1.47 bits per heavy atom. The predicted octanol–water partition coefficient (Wildman–Crippen LogP) is 1.16. The average Bonchev–Trinajstić information content (AvgIpc) is 2.34. The van der Waals surface area contributed by atoms with E-state index in [1.54, 1.807) is 23.1 Å². The molecule has 1 aromatic rings. The summed E-state index contributed by atoms with van der Waals surface area (Å²) in [5, 5.41) is 0. The third kappa shape index (κ3) is 4.03. The van der Waals surface area contributed by atoms with Gasteiger partial charge in [-0.15, -0.1) is 0 Å². The van der Waals surface area contributed by atoms with E-state index < -0.39 is 0 Å². The van der Waals surface area contributed by atoms with Crippen LogP contribution < -0.4 is 5.73 Å². The highest BCUT2D eigenvalue weighted by Gasteiger charge is 2.15. The Labute approximate surface area is 102 Å². The molecule has 0 spiro atoms. The first-order chi connectivity index (χ1) is 8.19. The van der Waals surface area contributed by atoms with Gasteiger partial charge in [0.1, 0.15) is 11.5 Å². The number of ether oxygens (including phenoxy) is 1. The maximum atomic E-state index is 12.1. The number of rotatable bonds is 6. The van der Waals surface area contributed by atoms with Crippen LogP contribution in [0, 0.1) is 0 Å². The van der Waals surface area contributed by atoms with Crippen molar-refractivity contribution in [2.45, 2.75) is 13.8 Å². The Balaban J connectivity index is 2.65. The molecule has 1 heterocycles. The van der Waals surface area contributed by atoms with Crippen molar-refractivity contribution < 1.29 is 9.53 Å². The topological polar surface area (TPSA) is 68.5 Å². The first kappa shape index (κ1) is 13.4. The van der Waals surface area contributed by atoms with Crippen LogP contribution in [0.4, 0.5) is 5.82 Å². The number of nitrogens with zero attached hydrogens (tertiary/aromatic N) is 2. The van der Waals surface area contributed by atoms with Crippen molar-refractivity contribution >= 4 is 11.7 Å². The number of likely N-dealkylation sites (N-methyl/N-ethyl adjacent to an activating group) is 1. The summed E-state index contributed by atoms with van der Waals surface area (Å²) in [6.07, 6.45) is 0.